The van der Waals surface area contributed by atoms with E-state index in [1.807, 2.05) is 26.8 Å². The van der Waals surface area contributed by atoms with Crippen molar-refractivity contribution in [3.8, 4) is 11.5 Å². The molecule has 0 fully saturated rings. The maximum Gasteiger partial charge on any atom is 0.189 e. The molecule has 0 atom stereocenters. The number of ether oxygens (including phenoxy) is 2. The van der Waals surface area contributed by atoms with E-state index >= 15 is 0 Å². The molecule has 0 radical (unpaired) electrons. The Balaban J connectivity index is 0.00000400. The van der Waals surface area contributed by atoms with Gasteiger partial charge in [0.25, 0.3) is 0 Å². The van der Waals surface area contributed by atoms with Gasteiger partial charge in [-0.1, -0.05) is 11.6 Å². The van der Waals surface area contributed by atoms with E-state index in [2.05, 4.69) is 10.3 Å². The van der Waals surface area contributed by atoms with Gasteiger partial charge >= 0.3 is 0 Å². The van der Waals surface area contributed by atoms with Crippen molar-refractivity contribution in [3.05, 3.63) is 22.7 Å². The quantitative estimate of drug-likeness (QED) is 0.416. The summed E-state index contributed by atoms with van der Waals surface area (Å²) >= 11 is 6.19. The third-order valence-electron chi connectivity index (χ3n) is 2.45. The first-order valence-corrected chi connectivity index (χ1v) is 6.91. The van der Waals surface area contributed by atoms with Gasteiger partial charge in [0.05, 0.1) is 25.3 Å². The molecule has 0 aromatic heterocycles. The van der Waals surface area contributed by atoms with E-state index < -0.39 is 0 Å². The van der Waals surface area contributed by atoms with Crippen LogP contribution in [-0.4, -0.2) is 25.7 Å². The second-order valence-corrected chi connectivity index (χ2v) is 4.95. The molecular formula is C14H23ClIN3O2. The zero-order valence-corrected chi connectivity index (χ0v) is 15.9. The van der Waals surface area contributed by atoms with Crippen molar-refractivity contribution < 1.29 is 9.47 Å². The summed E-state index contributed by atoms with van der Waals surface area (Å²) in [6, 6.07) is 3.90. The number of rotatable bonds is 6. The second kappa shape index (κ2) is 9.94. The van der Waals surface area contributed by atoms with Crippen LogP contribution < -0.4 is 20.5 Å². The van der Waals surface area contributed by atoms with Gasteiger partial charge in [-0.2, -0.15) is 0 Å². The van der Waals surface area contributed by atoms with Gasteiger partial charge in [-0.15, -0.1) is 24.0 Å². The minimum absolute atomic E-state index is 0. The summed E-state index contributed by atoms with van der Waals surface area (Å²) in [6.45, 7) is 6.84. The van der Waals surface area contributed by atoms with E-state index in [9.17, 15) is 0 Å². The van der Waals surface area contributed by atoms with Gasteiger partial charge in [0, 0.05) is 6.04 Å². The second-order valence-electron chi connectivity index (χ2n) is 4.54. The highest BCUT2D eigenvalue weighted by Gasteiger charge is 2.11. The average molecular weight is 428 g/mol. The third-order valence-corrected chi connectivity index (χ3v) is 2.73. The Morgan fingerprint density at radius 2 is 2.10 bits per heavy atom. The number of nitrogens with two attached hydrogens (primary N) is 1. The van der Waals surface area contributed by atoms with Crippen LogP contribution in [0.1, 0.15) is 26.3 Å². The van der Waals surface area contributed by atoms with Gasteiger partial charge in [0.1, 0.15) is 0 Å². The zero-order chi connectivity index (χ0) is 15.1. The van der Waals surface area contributed by atoms with Crippen LogP contribution in [0, 0.1) is 0 Å². The molecule has 5 nitrogen and oxygen atoms in total. The summed E-state index contributed by atoms with van der Waals surface area (Å²) in [7, 11) is 1.58. The van der Waals surface area contributed by atoms with Crippen LogP contribution in [0.25, 0.3) is 0 Å². The number of methoxy groups -OCH3 is 1. The minimum Gasteiger partial charge on any atom is -0.493 e. The van der Waals surface area contributed by atoms with Gasteiger partial charge in [-0.25, -0.2) is 4.99 Å². The number of halogens is 2. The molecule has 120 valence electrons. The lowest BCUT2D eigenvalue weighted by Crippen LogP contribution is -2.36. The molecule has 0 aliphatic carbocycles. The van der Waals surface area contributed by atoms with Gasteiger partial charge in [-0.05, 0) is 38.5 Å². The third kappa shape index (κ3) is 6.60. The van der Waals surface area contributed by atoms with E-state index in [0.717, 1.165) is 5.56 Å². The van der Waals surface area contributed by atoms with Gasteiger partial charge in [-0.3, -0.25) is 0 Å². The van der Waals surface area contributed by atoms with Crippen molar-refractivity contribution >= 4 is 41.5 Å². The summed E-state index contributed by atoms with van der Waals surface area (Å²) in [5.41, 5.74) is 6.66. The zero-order valence-electron chi connectivity index (χ0n) is 12.8. The molecule has 0 saturated heterocycles. The Hall–Kier alpha value is -0.890. The van der Waals surface area contributed by atoms with E-state index in [-0.39, 0.29) is 30.0 Å². The van der Waals surface area contributed by atoms with E-state index in [1.165, 1.54) is 0 Å². The largest absolute Gasteiger partial charge is 0.493 e. The fourth-order valence-electron chi connectivity index (χ4n) is 1.67. The van der Waals surface area contributed by atoms with Crippen molar-refractivity contribution in [2.75, 3.05) is 13.7 Å². The molecule has 1 aromatic rings. The van der Waals surface area contributed by atoms with Crippen LogP contribution in [-0.2, 0) is 6.54 Å². The van der Waals surface area contributed by atoms with Crippen LogP contribution in [0.15, 0.2) is 17.1 Å². The molecule has 0 aliphatic heterocycles. The molecule has 0 aliphatic rings. The Morgan fingerprint density at radius 3 is 2.62 bits per heavy atom. The maximum atomic E-state index is 6.19. The fraction of sp³-hybridized carbons (Fsp3) is 0.500. The minimum atomic E-state index is 0. The molecule has 0 bridgehead atoms. The summed E-state index contributed by atoms with van der Waals surface area (Å²) in [6.07, 6.45) is 0. The van der Waals surface area contributed by atoms with Crippen LogP contribution >= 0.6 is 35.6 Å². The Labute approximate surface area is 148 Å². The van der Waals surface area contributed by atoms with Crippen molar-refractivity contribution in [2.24, 2.45) is 10.7 Å². The monoisotopic (exact) mass is 427 g/mol. The number of nitrogens with zero attached hydrogens (tertiary/aromatic N) is 1. The molecule has 1 aromatic carbocycles. The highest BCUT2D eigenvalue weighted by Crippen LogP contribution is 2.36. The summed E-state index contributed by atoms with van der Waals surface area (Å²) in [5, 5.41) is 3.53. The van der Waals surface area contributed by atoms with Crippen LogP contribution in [0.4, 0.5) is 0 Å². The van der Waals surface area contributed by atoms with E-state index in [1.54, 1.807) is 13.2 Å². The molecule has 0 spiro atoms. The number of hydrogen-bond donors (Lipinski definition) is 2. The number of hydrogen-bond acceptors (Lipinski definition) is 3. The summed E-state index contributed by atoms with van der Waals surface area (Å²) in [4.78, 5) is 4.26. The molecule has 0 amide bonds. The average Bonchev–Trinajstić information content (AvgIpc) is 2.38. The molecule has 1 rings (SSSR count). The Morgan fingerprint density at radius 1 is 1.43 bits per heavy atom. The highest BCUT2D eigenvalue weighted by molar-refractivity contribution is 14.0. The number of benzene rings is 1. The summed E-state index contributed by atoms with van der Waals surface area (Å²) < 4.78 is 10.7. The van der Waals surface area contributed by atoms with Crippen molar-refractivity contribution in [1.29, 1.82) is 0 Å². The number of aliphatic imine (C=N–C) groups is 1. The first-order chi connectivity index (χ1) is 9.47. The van der Waals surface area contributed by atoms with Crippen molar-refractivity contribution in [2.45, 2.75) is 33.4 Å². The predicted molar refractivity (Wildman–Crippen MR) is 98.2 cm³/mol. The Bertz CT molecular complexity index is 482. The van der Waals surface area contributed by atoms with Crippen molar-refractivity contribution in [1.82, 2.24) is 5.32 Å². The first kappa shape index (κ1) is 20.1. The summed E-state index contributed by atoms with van der Waals surface area (Å²) in [5.74, 6) is 1.56. The molecule has 0 saturated carbocycles. The van der Waals surface area contributed by atoms with Crippen LogP contribution in [0.5, 0.6) is 11.5 Å². The van der Waals surface area contributed by atoms with Gasteiger partial charge in [0.15, 0.2) is 17.5 Å². The molecule has 7 heteroatoms. The fourth-order valence-corrected chi connectivity index (χ4v) is 1.95. The van der Waals surface area contributed by atoms with Gasteiger partial charge < -0.3 is 20.5 Å². The topological polar surface area (TPSA) is 68.9 Å². The van der Waals surface area contributed by atoms with Crippen LogP contribution in [0.2, 0.25) is 5.02 Å². The van der Waals surface area contributed by atoms with Gasteiger partial charge in [0.2, 0.25) is 0 Å². The predicted octanol–water partition coefficient (Wildman–Crippen LogP) is 3.18. The lowest BCUT2D eigenvalue weighted by molar-refractivity contribution is 0.311. The molecule has 3 N–H and O–H groups in total. The smallest absolute Gasteiger partial charge is 0.189 e. The molecule has 0 unspecified atom stereocenters. The lowest BCUT2D eigenvalue weighted by Gasteiger charge is -2.13. The first-order valence-electron chi connectivity index (χ1n) is 6.53. The lowest BCUT2D eigenvalue weighted by atomic mass is 10.2. The molecular weight excluding hydrogens is 405 g/mol. The van der Waals surface area contributed by atoms with Crippen molar-refractivity contribution in [3.63, 3.8) is 0 Å². The van der Waals surface area contributed by atoms with E-state index in [4.69, 9.17) is 26.8 Å². The SMILES string of the molecule is CCOc1c(Cl)cc(CN=C(N)NC(C)C)cc1OC.I. The number of guanidine groups is 1. The molecule has 0 heterocycles. The highest BCUT2D eigenvalue weighted by atomic mass is 127. The van der Waals surface area contributed by atoms with E-state index in [0.29, 0.717) is 35.6 Å². The Kier molecular flexibility index (Phi) is 9.52. The normalized spacial score (nSPS) is 11.0. The number of nitrogens with one attached hydrogen (secondary N) is 1. The van der Waals surface area contributed by atoms with Crippen LogP contribution in [0.3, 0.4) is 0 Å². The maximum absolute atomic E-state index is 6.19. The standard InChI is InChI=1S/C14H22ClN3O2.HI/c1-5-20-13-11(15)6-10(7-12(13)19-4)8-17-14(16)18-9(2)3;/h6-7,9H,5,8H2,1-4H3,(H3,16,17,18);1H. The molecule has 21 heavy (non-hydrogen) atoms.